The predicted molar refractivity (Wildman–Crippen MR) is 58.6 cm³/mol. The zero-order valence-electron chi connectivity index (χ0n) is 8.29. The minimum absolute atomic E-state index is 0.657. The van der Waals surface area contributed by atoms with Gasteiger partial charge in [0.1, 0.15) is 12.7 Å². The fourth-order valence-electron chi connectivity index (χ4n) is 1.72. The van der Waals surface area contributed by atoms with E-state index < -0.39 is 0 Å². The average Bonchev–Trinajstić information content (AvgIpc) is 2.97. The molecule has 0 aliphatic rings. The van der Waals surface area contributed by atoms with Crippen molar-refractivity contribution in [2.75, 3.05) is 0 Å². The number of hydrogen-bond donors (Lipinski definition) is 1. The molecule has 0 aliphatic heterocycles. The van der Waals surface area contributed by atoms with E-state index in [-0.39, 0.29) is 0 Å². The van der Waals surface area contributed by atoms with E-state index in [1.165, 1.54) is 0 Å². The van der Waals surface area contributed by atoms with E-state index in [1.54, 1.807) is 23.4 Å². The van der Waals surface area contributed by atoms with Crippen LogP contribution in [0.4, 0.5) is 0 Å². The Hall–Kier alpha value is -2.43. The Labute approximate surface area is 90.7 Å². The van der Waals surface area contributed by atoms with Crippen LogP contribution in [0.2, 0.25) is 0 Å². The first-order valence-corrected chi connectivity index (χ1v) is 4.80. The van der Waals surface area contributed by atoms with Crippen molar-refractivity contribution in [1.82, 2.24) is 19.7 Å². The van der Waals surface area contributed by atoms with Crippen LogP contribution < -0.4 is 0 Å². The van der Waals surface area contributed by atoms with Crippen molar-refractivity contribution in [2.24, 2.45) is 0 Å². The molecule has 0 aliphatic carbocycles. The molecule has 1 aromatic carbocycles. The molecule has 1 N–H and O–H groups in total. The molecule has 3 rings (SSSR count). The molecule has 0 atom stereocenters. The van der Waals surface area contributed by atoms with Gasteiger partial charge in [0.2, 0.25) is 0 Å². The number of H-pyrrole nitrogens is 1. The van der Waals surface area contributed by atoms with Crippen molar-refractivity contribution < 1.29 is 4.79 Å². The number of nitrogens with zero attached hydrogens (tertiary/aromatic N) is 3. The number of carbonyl (C=O) groups is 1. The van der Waals surface area contributed by atoms with Gasteiger partial charge in [-0.2, -0.15) is 0 Å². The molecular weight excluding hydrogens is 204 g/mol. The quantitative estimate of drug-likeness (QED) is 0.655. The van der Waals surface area contributed by atoms with Gasteiger partial charge in [-0.15, -0.1) is 10.2 Å². The molecule has 0 bridgehead atoms. The van der Waals surface area contributed by atoms with Crippen molar-refractivity contribution in [1.29, 1.82) is 0 Å². The normalized spacial score (nSPS) is 10.8. The van der Waals surface area contributed by atoms with E-state index in [4.69, 9.17) is 0 Å². The maximum atomic E-state index is 10.8. The lowest BCUT2D eigenvalue weighted by molar-refractivity contribution is 0.112. The van der Waals surface area contributed by atoms with Gasteiger partial charge in [-0.05, 0) is 18.2 Å². The second-order valence-electron chi connectivity index (χ2n) is 3.46. The SMILES string of the molecule is O=Cc1c[nH]c2ccc(-n3cnnc3)cc12. The molecule has 0 radical (unpaired) electrons. The zero-order valence-corrected chi connectivity index (χ0v) is 8.29. The van der Waals surface area contributed by atoms with Crippen LogP contribution >= 0.6 is 0 Å². The highest BCUT2D eigenvalue weighted by atomic mass is 16.1. The first-order valence-electron chi connectivity index (χ1n) is 4.80. The fourth-order valence-corrected chi connectivity index (χ4v) is 1.72. The van der Waals surface area contributed by atoms with Gasteiger partial charge in [0.25, 0.3) is 0 Å². The lowest BCUT2D eigenvalue weighted by Gasteiger charge is -2.00. The number of rotatable bonds is 2. The first kappa shape index (κ1) is 8.84. The van der Waals surface area contributed by atoms with E-state index >= 15 is 0 Å². The van der Waals surface area contributed by atoms with Crippen molar-refractivity contribution >= 4 is 17.2 Å². The summed E-state index contributed by atoms with van der Waals surface area (Å²) in [7, 11) is 0. The Morgan fingerprint density at radius 1 is 1.25 bits per heavy atom. The highest BCUT2D eigenvalue weighted by molar-refractivity contribution is 5.98. The highest BCUT2D eigenvalue weighted by Crippen LogP contribution is 2.20. The predicted octanol–water partition coefficient (Wildman–Crippen LogP) is 1.56. The van der Waals surface area contributed by atoms with Gasteiger partial charge in [0, 0.05) is 28.4 Å². The molecule has 0 spiro atoms. The monoisotopic (exact) mass is 212 g/mol. The summed E-state index contributed by atoms with van der Waals surface area (Å²) < 4.78 is 1.79. The number of nitrogens with one attached hydrogen (secondary N) is 1. The summed E-state index contributed by atoms with van der Waals surface area (Å²) in [4.78, 5) is 13.9. The molecular formula is C11H8N4O. The second-order valence-corrected chi connectivity index (χ2v) is 3.46. The summed E-state index contributed by atoms with van der Waals surface area (Å²) in [5.41, 5.74) is 2.53. The van der Waals surface area contributed by atoms with E-state index in [0.29, 0.717) is 5.56 Å². The summed E-state index contributed by atoms with van der Waals surface area (Å²) in [6.07, 6.45) is 5.78. The summed E-state index contributed by atoms with van der Waals surface area (Å²) in [5, 5.41) is 8.39. The number of fused-ring (bicyclic) bond motifs is 1. The maximum Gasteiger partial charge on any atom is 0.152 e. The van der Waals surface area contributed by atoms with Crippen LogP contribution in [0, 0.1) is 0 Å². The van der Waals surface area contributed by atoms with E-state index in [2.05, 4.69) is 15.2 Å². The van der Waals surface area contributed by atoms with E-state index in [0.717, 1.165) is 22.9 Å². The Morgan fingerprint density at radius 3 is 2.81 bits per heavy atom. The van der Waals surface area contributed by atoms with Crippen molar-refractivity contribution in [3.8, 4) is 5.69 Å². The largest absolute Gasteiger partial charge is 0.360 e. The lowest BCUT2D eigenvalue weighted by Crippen LogP contribution is -1.89. The van der Waals surface area contributed by atoms with Gasteiger partial charge in [0.15, 0.2) is 6.29 Å². The number of carbonyl (C=O) groups excluding carboxylic acids is 1. The first-order chi connectivity index (χ1) is 7.88. The molecule has 0 fully saturated rings. The van der Waals surface area contributed by atoms with Gasteiger partial charge in [-0.25, -0.2) is 0 Å². The van der Waals surface area contributed by atoms with Crippen molar-refractivity contribution in [3.05, 3.63) is 42.6 Å². The van der Waals surface area contributed by atoms with Crippen LogP contribution in [0.1, 0.15) is 10.4 Å². The van der Waals surface area contributed by atoms with Crippen LogP contribution in [0.5, 0.6) is 0 Å². The van der Waals surface area contributed by atoms with Crippen molar-refractivity contribution in [3.63, 3.8) is 0 Å². The Morgan fingerprint density at radius 2 is 2.06 bits per heavy atom. The fraction of sp³-hybridized carbons (Fsp3) is 0. The molecule has 2 heterocycles. The minimum atomic E-state index is 0.657. The maximum absolute atomic E-state index is 10.8. The van der Waals surface area contributed by atoms with Crippen LogP contribution in [-0.2, 0) is 0 Å². The lowest BCUT2D eigenvalue weighted by atomic mass is 10.1. The summed E-state index contributed by atoms with van der Waals surface area (Å²) in [6, 6.07) is 5.80. The van der Waals surface area contributed by atoms with E-state index in [1.807, 2.05) is 18.2 Å². The number of hydrogen-bond acceptors (Lipinski definition) is 3. The van der Waals surface area contributed by atoms with Gasteiger partial charge >= 0.3 is 0 Å². The van der Waals surface area contributed by atoms with Crippen LogP contribution in [0.3, 0.4) is 0 Å². The second kappa shape index (κ2) is 3.30. The number of aromatic amines is 1. The summed E-state index contributed by atoms with van der Waals surface area (Å²) >= 11 is 0. The average molecular weight is 212 g/mol. The third kappa shape index (κ3) is 1.22. The molecule has 0 saturated carbocycles. The van der Waals surface area contributed by atoms with E-state index in [9.17, 15) is 4.79 Å². The topological polar surface area (TPSA) is 63.6 Å². The third-order valence-corrected chi connectivity index (χ3v) is 2.54. The molecule has 78 valence electrons. The Bertz CT molecular complexity index is 639. The van der Waals surface area contributed by atoms with Crippen molar-refractivity contribution in [2.45, 2.75) is 0 Å². The molecule has 5 nitrogen and oxygen atoms in total. The standard InChI is InChI=1S/C11H8N4O/c16-5-8-4-12-11-2-1-9(3-10(8)11)15-6-13-14-7-15/h1-7,12H. The van der Waals surface area contributed by atoms with Gasteiger partial charge in [0.05, 0.1) is 0 Å². The van der Waals surface area contributed by atoms with Gasteiger partial charge in [-0.1, -0.05) is 0 Å². The molecule has 5 heteroatoms. The Kier molecular flexibility index (Phi) is 1.83. The Balaban J connectivity index is 2.25. The molecule has 16 heavy (non-hydrogen) atoms. The van der Waals surface area contributed by atoms with Crippen LogP contribution in [0.25, 0.3) is 16.6 Å². The van der Waals surface area contributed by atoms with Crippen LogP contribution in [-0.4, -0.2) is 26.0 Å². The summed E-state index contributed by atoms with van der Waals surface area (Å²) in [5.74, 6) is 0. The smallest absolute Gasteiger partial charge is 0.152 e. The third-order valence-electron chi connectivity index (χ3n) is 2.54. The minimum Gasteiger partial charge on any atom is -0.360 e. The molecule has 0 amide bonds. The number of benzene rings is 1. The molecule has 0 saturated heterocycles. The zero-order chi connectivity index (χ0) is 11.0. The molecule has 2 aromatic heterocycles. The number of aromatic nitrogens is 4. The van der Waals surface area contributed by atoms with Gasteiger partial charge < -0.3 is 4.98 Å². The molecule has 3 aromatic rings. The van der Waals surface area contributed by atoms with Gasteiger partial charge in [-0.3, -0.25) is 9.36 Å². The van der Waals surface area contributed by atoms with Crippen LogP contribution in [0.15, 0.2) is 37.1 Å². The molecule has 0 unspecified atom stereocenters. The summed E-state index contributed by atoms with van der Waals surface area (Å²) in [6.45, 7) is 0. The number of aldehydes is 1. The highest BCUT2D eigenvalue weighted by Gasteiger charge is 2.04.